The number of unbranched alkanes of at least 4 members (excludes halogenated alkanes) is 2. The van der Waals surface area contributed by atoms with E-state index in [1.54, 1.807) is 33.5 Å². The molecule has 0 radical (unpaired) electrons. The van der Waals surface area contributed by atoms with Gasteiger partial charge in [0.2, 0.25) is 5.75 Å². The van der Waals surface area contributed by atoms with E-state index in [0.717, 1.165) is 18.2 Å². The fraction of sp³-hybridized carbons (Fsp3) is 0.594. The lowest BCUT2D eigenvalue weighted by atomic mass is 10.0. The van der Waals surface area contributed by atoms with E-state index in [0.29, 0.717) is 85.3 Å². The molecular weight excluding hydrogens is 604 g/mol. The van der Waals surface area contributed by atoms with Crippen molar-refractivity contribution in [3.63, 3.8) is 0 Å². The molecule has 3 rings (SSSR count). The number of benzene rings is 2. The lowest BCUT2D eigenvalue weighted by molar-refractivity contribution is -0.0437. The predicted molar refractivity (Wildman–Crippen MR) is 169 cm³/mol. The van der Waals surface area contributed by atoms with Crippen LogP contribution in [0.1, 0.15) is 82.1 Å². The van der Waals surface area contributed by atoms with Crippen molar-refractivity contribution in [3.05, 3.63) is 35.4 Å². The molecule has 0 aromatic heterocycles. The molecule has 0 saturated carbocycles. The van der Waals surface area contributed by atoms with E-state index in [2.05, 4.69) is 5.32 Å². The van der Waals surface area contributed by atoms with Crippen LogP contribution in [0.2, 0.25) is 0 Å². The monoisotopic (exact) mass is 652 g/mol. The van der Waals surface area contributed by atoms with Crippen molar-refractivity contribution in [1.82, 2.24) is 10.4 Å². The van der Waals surface area contributed by atoms with E-state index in [-0.39, 0.29) is 36.0 Å². The van der Waals surface area contributed by atoms with Crippen LogP contribution in [0.25, 0.3) is 0 Å². The molecule has 45 heavy (non-hydrogen) atoms. The lowest BCUT2D eigenvalue weighted by Gasteiger charge is -2.21. The highest BCUT2D eigenvalue weighted by atomic mass is 32.2. The van der Waals surface area contributed by atoms with E-state index < -0.39 is 15.9 Å². The number of nitrogens with one attached hydrogen (secondary N) is 1. The normalized spacial score (nSPS) is 16.2. The SMILES string of the molecule is CCCCN(O)C(=O)NCCCCOc1cc([C@H]2CC[C@H](c3cc(OC)c(OC)c(OC)c3)O2)cc(S(C)(=O)=O)c1OCCC. The molecular formula is C32H48N2O10S. The average molecular weight is 653 g/mol. The van der Waals surface area contributed by atoms with Crippen molar-refractivity contribution >= 4 is 15.9 Å². The van der Waals surface area contributed by atoms with Gasteiger partial charge in [-0.15, -0.1) is 0 Å². The fourth-order valence-corrected chi connectivity index (χ4v) is 5.88. The van der Waals surface area contributed by atoms with Gasteiger partial charge in [-0.25, -0.2) is 18.3 Å². The zero-order chi connectivity index (χ0) is 33.0. The molecule has 1 saturated heterocycles. The molecule has 1 heterocycles. The molecule has 1 aliphatic heterocycles. The third-order valence-electron chi connectivity index (χ3n) is 7.41. The van der Waals surface area contributed by atoms with Gasteiger partial charge in [-0.3, -0.25) is 5.21 Å². The summed E-state index contributed by atoms with van der Waals surface area (Å²) in [5, 5.41) is 13.1. The van der Waals surface area contributed by atoms with Crippen LogP contribution in [-0.4, -0.2) is 78.6 Å². The van der Waals surface area contributed by atoms with Gasteiger partial charge in [0.05, 0.1) is 53.3 Å². The van der Waals surface area contributed by atoms with Crippen LogP contribution in [0.4, 0.5) is 4.79 Å². The van der Waals surface area contributed by atoms with Crippen LogP contribution in [0.3, 0.4) is 0 Å². The smallest absolute Gasteiger partial charge is 0.341 e. The van der Waals surface area contributed by atoms with Gasteiger partial charge < -0.3 is 33.7 Å². The zero-order valence-corrected chi connectivity index (χ0v) is 28.0. The molecule has 2 N–H and O–H groups in total. The molecule has 12 nitrogen and oxygen atoms in total. The quantitative estimate of drug-likeness (QED) is 0.114. The second-order valence-electron chi connectivity index (χ2n) is 10.9. The molecule has 1 fully saturated rings. The zero-order valence-electron chi connectivity index (χ0n) is 27.2. The maximum Gasteiger partial charge on any atom is 0.341 e. The molecule has 0 unspecified atom stereocenters. The summed E-state index contributed by atoms with van der Waals surface area (Å²) in [7, 11) is 0.988. The van der Waals surface area contributed by atoms with Gasteiger partial charge in [0.15, 0.2) is 32.8 Å². The second kappa shape index (κ2) is 17.3. The van der Waals surface area contributed by atoms with E-state index in [9.17, 15) is 18.4 Å². The van der Waals surface area contributed by atoms with E-state index in [4.69, 9.17) is 28.4 Å². The number of ether oxygens (including phenoxy) is 6. The van der Waals surface area contributed by atoms with Crippen LogP contribution in [0.15, 0.2) is 29.2 Å². The maximum atomic E-state index is 12.9. The van der Waals surface area contributed by atoms with Gasteiger partial charge in [0, 0.05) is 12.8 Å². The highest BCUT2D eigenvalue weighted by Crippen LogP contribution is 2.48. The summed E-state index contributed by atoms with van der Waals surface area (Å²) in [6.07, 6.45) is 5.27. The first-order valence-corrected chi connectivity index (χ1v) is 17.3. The topological polar surface area (TPSA) is 142 Å². The van der Waals surface area contributed by atoms with Crippen LogP contribution in [0, 0.1) is 0 Å². The summed E-state index contributed by atoms with van der Waals surface area (Å²) in [4.78, 5) is 12.0. The van der Waals surface area contributed by atoms with Crippen LogP contribution in [-0.2, 0) is 14.6 Å². The summed E-state index contributed by atoms with van der Waals surface area (Å²) >= 11 is 0. The average Bonchev–Trinajstić information content (AvgIpc) is 3.53. The van der Waals surface area contributed by atoms with E-state index in [1.807, 2.05) is 26.0 Å². The number of amides is 2. The molecule has 2 aromatic rings. The molecule has 2 aromatic carbocycles. The van der Waals surface area contributed by atoms with Gasteiger partial charge in [-0.2, -0.15) is 0 Å². The summed E-state index contributed by atoms with van der Waals surface area (Å²) < 4.78 is 60.8. The third-order valence-corrected chi connectivity index (χ3v) is 8.51. The summed E-state index contributed by atoms with van der Waals surface area (Å²) in [6.45, 7) is 5.14. The van der Waals surface area contributed by atoms with Crippen LogP contribution >= 0.6 is 0 Å². The number of sulfone groups is 1. The molecule has 252 valence electrons. The van der Waals surface area contributed by atoms with Crippen molar-refractivity contribution in [2.45, 2.75) is 75.9 Å². The van der Waals surface area contributed by atoms with Crippen molar-refractivity contribution < 1.29 is 46.8 Å². The standard InChI is InChI=1S/C32H48N2O10S/c1-7-9-15-34(36)32(35)33-14-10-11-17-42-28-20-23(21-29(45(6,37)38)31(28)43-16-8-2)25-13-12-24(44-25)22-18-26(39-3)30(41-5)27(19-22)40-4/h18-21,24-25,36H,7-17H2,1-6H3,(H,33,35)/t24-,25-/m1/s1. The Labute approximate surface area is 266 Å². The van der Waals surface area contributed by atoms with E-state index >= 15 is 0 Å². The maximum absolute atomic E-state index is 12.9. The lowest BCUT2D eigenvalue weighted by Crippen LogP contribution is -2.38. The Balaban J connectivity index is 1.78. The van der Waals surface area contributed by atoms with Gasteiger partial charge in [0.1, 0.15) is 4.90 Å². The Hall–Kier alpha value is -3.42. The molecule has 0 spiro atoms. The number of hydroxylamine groups is 2. The van der Waals surface area contributed by atoms with Gasteiger partial charge >= 0.3 is 6.03 Å². The molecule has 2 amide bonds. The minimum Gasteiger partial charge on any atom is -0.493 e. The Kier molecular flexibility index (Phi) is 13.9. The number of nitrogens with zero attached hydrogens (tertiary/aromatic N) is 1. The van der Waals surface area contributed by atoms with Gasteiger partial charge in [-0.1, -0.05) is 20.3 Å². The summed E-state index contributed by atoms with van der Waals surface area (Å²) in [6, 6.07) is 6.59. The van der Waals surface area contributed by atoms with Crippen LogP contribution in [0.5, 0.6) is 28.7 Å². The number of carbonyl (C=O) groups is 1. The van der Waals surface area contributed by atoms with Crippen molar-refractivity contribution in [2.75, 3.05) is 53.9 Å². The predicted octanol–water partition coefficient (Wildman–Crippen LogP) is 5.86. The van der Waals surface area contributed by atoms with Crippen molar-refractivity contribution in [2.24, 2.45) is 0 Å². The largest absolute Gasteiger partial charge is 0.493 e. The van der Waals surface area contributed by atoms with Crippen molar-refractivity contribution in [1.29, 1.82) is 0 Å². The Morgan fingerprint density at radius 1 is 0.867 bits per heavy atom. The minimum atomic E-state index is -3.68. The first kappa shape index (κ1) is 36.1. The number of hydrogen-bond donors (Lipinski definition) is 2. The third kappa shape index (κ3) is 9.78. The highest BCUT2D eigenvalue weighted by molar-refractivity contribution is 7.90. The fourth-order valence-electron chi connectivity index (χ4n) is 5.03. The minimum absolute atomic E-state index is 0.0469. The summed E-state index contributed by atoms with van der Waals surface area (Å²) in [5.41, 5.74) is 1.53. The van der Waals surface area contributed by atoms with Gasteiger partial charge in [-0.05, 0) is 73.9 Å². The van der Waals surface area contributed by atoms with Crippen molar-refractivity contribution in [3.8, 4) is 28.7 Å². The number of urea groups is 1. The number of methoxy groups -OCH3 is 3. The molecule has 1 aliphatic rings. The first-order chi connectivity index (χ1) is 21.6. The second-order valence-corrected chi connectivity index (χ2v) is 12.9. The summed E-state index contributed by atoms with van der Waals surface area (Å²) in [5.74, 6) is 2.05. The molecule has 13 heteroatoms. The van der Waals surface area contributed by atoms with E-state index in [1.165, 1.54) is 0 Å². The molecule has 2 atom stereocenters. The Morgan fingerprint density at radius 2 is 1.49 bits per heavy atom. The first-order valence-electron chi connectivity index (χ1n) is 15.4. The van der Waals surface area contributed by atoms with Crippen LogP contribution < -0.4 is 29.0 Å². The Bertz CT molecular complexity index is 1340. The molecule has 0 bridgehead atoms. The number of rotatable bonds is 18. The van der Waals surface area contributed by atoms with Gasteiger partial charge in [0.25, 0.3) is 0 Å². The number of hydrogen-bond acceptors (Lipinski definition) is 10. The highest BCUT2D eigenvalue weighted by Gasteiger charge is 2.32. The Morgan fingerprint density at radius 3 is 2.04 bits per heavy atom. The molecule has 0 aliphatic carbocycles. The number of carbonyl (C=O) groups excluding carboxylic acids is 1.